The Labute approximate surface area is 106 Å². The van der Waals surface area contributed by atoms with E-state index in [2.05, 4.69) is 9.72 Å². The van der Waals surface area contributed by atoms with Crippen LogP contribution in [0.2, 0.25) is 0 Å². The van der Waals surface area contributed by atoms with Crippen LogP contribution in [0.3, 0.4) is 0 Å². The lowest BCUT2D eigenvalue weighted by Gasteiger charge is -2.11. The fourth-order valence-corrected chi connectivity index (χ4v) is 1.91. The summed E-state index contributed by atoms with van der Waals surface area (Å²) in [6.07, 6.45) is 7.36. The number of aromatic nitrogens is 1. The van der Waals surface area contributed by atoms with E-state index in [1.165, 1.54) is 13.2 Å². The number of carbonyl (C=O) groups excluding carboxylic acids is 2. The molecule has 1 heterocycles. The lowest BCUT2D eigenvalue weighted by Crippen LogP contribution is -2.12. The molecule has 0 aliphatic heterocycles. The molecule has 1 aromatic heterocycles. The first-order chi connectivity index (χ1) is 8.61. The van der Waals surface area contributed by atoms with E-state index in [0.29, 0.717) is 0 Å². The molecule has 1 saturated carbocycles. The third-order valence-corrected chi connectivity index (χ3v) is 3.14. The van der Waals surface area contributed by atoms with Crippen molar-refractivity contribution in [3.05, 3.63) is 35.2 Å². The minimum absolute atomic E-state index is 0.418. The van der Waals surface area contributed by atoms with Crippen molar-refractivity contribution in [2.45, 2.75) is 25.2 Å². The van der Waals surface area contributed by atoms with Crippen LogP contribution in [0.1, 0.15) is 29.7 Å². The molecule has 0 radical (unpaired) electrons. The lowest BCUT2D eigenvalue weighted by molar-refractivity contribution is -0.134. The first-order valence-electron chi connectivity index (χ1n) is 5.81. The second-order valence-corrected chi connectivity index (χ2v) is 4.58. The summed E-state index contributed by atoms with van der Waals surface area (Å²) >= 11 is 0. The van der Waals surface area contributed by atoms with Gasteiger partial charge in [0.05, 0.1) is 18.2 Å². The molecule has 0 saturated heterocycles. The minimum Gasteiger partial charge on any atom is -0.466 e. The molecular formula is C14H15NO3. The number of methoxy groups -OCH3 is 1. The van der Waals surface area contributed by atoms with Crippen LogP contribution in [0.4, 0.5) is 0 Å². The largest absolute Gasteiger partial charge is 0.466 e. The zero-order valence-corrected chi connectivity index (χ0v) is 10.5. The molecule has 0 atom stereocenters. The Morgan fingerprint density at radius 3 is 2.78 bits per heavy atom. The second-order valence-electron chi connectivity index (χ2n) is 4.58. The number of hydrogen-bond donors (Lipinski definition) is 0. The fourth-order valence-electron chi connectivity index (χ4n) is 1.91. The summed E-state index contributed by atoms with van der Waals surface area (Å²) in [6, 6.07) is 1.92. The summed E-state index contributed by atoms with van der Waals surface area (Å²) in [5.74, 6) is -0.418. The lowest BCUT2D eigenvalue weighted by atomic mass is 9.97. The summed E-state index contributed by atoms with van der Waals surface area (Å²) in [5.41, 5.74) is 2.11. The molecule has 1 aromatic rings. The average molecular weight is 245 g/mol. The maximum absolute atomic E-state index is 11.2. The Balaban J connectivity index is 2.39. The smallest absolute Gasteiger partial charge is 0.330 e. The van der Waals surface area contributed by atoms with Crippen molar-refractivity contribution in [3.8, 4) is 0 Å². The molecule has 0 N–H and O–H groups in total. The molecule has 1 fully saturated rings. The van der Waals surface area contributed by atoms with Crippen molar-refractivity contribution >= 4 is 18.3 Å². The summed E-state index contributed by atoms with van der Waals surface area (Å²) in [7, 11) is 1.33. The maximum atomic E-state index is 11.2. The Kier molecular flexibility index (Phi) is 3.28. The molecule has 0 unspecified atom stereocenters. The molecule has 1 aliphatic carbocycles. The zero-order valence-electron chi connectivity index (χ0n) is 10.5. The van der Waals surface area contributed by atoms with Crippen LogP contribution >= 0.6 is 0 Å². The van der Waals surface area contributed by atoms with E-state index >= 15 is 0 Å². The molecule has 94 valence electrons. The van der Waals surface area contributed by atoms with E-state index < -0.39 is 11.4 Å². The number of aryl methyl sites for hydroxylation is 1. The highest BCUT2D eigenvalue weighted by Crippen LogP contribution is 2.46. The highest BCUT2D eigenvalue weighted by molar-refractivity contribution is 5.87. The SMILES string of the molecule is COC(=O)C=Cc1cc(C)cnc1C1(C=O)CC1. The number of hydrogen-bond acceptors (Lipinski definition) is 4. The van der Waals surface area contributed by atoms with Gasteiger partial charge in [-0.15, -0.1) is 0 Å². The minimum atomic E-state index is -0.441. The van der Waals surface area contributed by atoms with Gasteiger partial charge in [0, 0.05) is 12.3 Å². The standard InChI is InChI=1S/C14H15NO3/c1-10-7-11(3-4-12(17)18-2)13(15-8-10)14(9-16)5-6-14/h3-4,7-9H,5-6H2,1-2H3. The Hall–Kier alpha value is -1.97. The summed E-state index contributed by atoms with van der Waals surface area (Å²) in [5, 5.41) is 0. The maximum Gasteiger partial charge on any atom is 0.330 e. The molecule has 0 bridgehead atoms. The van der Waals surface area contributed by atoms with Gasteiger partial charge in [0.2, 0.25) is 0 Å². The summed E-state index contributed by atoms with van der Waals surface area (Å²) < 4.78 is 4.55. The fraction of sp³-hybridized carbons (Fsp3) is 0.357. The van der Waals surface area contributed by atoms with Gasteiger partial charge in [0.1, 0.15) is 6.29 Å². The van der Waals surface area contributed by atoms with Gasteiger partial charge in [-0.25, -0.2) is 4.79 Å². The second kappa shape index (κ2) is 4.72. The normalized spacial score (nSPS) is 16.6. The molecular weight excluding hydrogens is 230 g/mol. The predicted octanol–water partition coefficient (Wildman–Crippen LogP) is 1.81. The third-order valence-electron chi connectivity index (χ3n) is 3.14. The van der Waals surface area contributed by atoms with Crippen LogP contribution in [0.5, 0.6) is 0 Å². The number of pyridine rings is 1. The van der Waals surface area contributed by atoms with Crippen molar-refractivity contribution in [2.24, 2.45) is 0 Å². The first kappa shape index (κ1) is 12.5. The quantitative estimate of drug-likeness (QED) is 0.461. The molecule has 4 heteroatoms. The van der Waals surface area contributed by atoms with Crippen LogP contribution in [-0.4, -0.2) is 24.3 Å². The average Bonchev–Trinajstić information content (AvgIpc) is 3.17. The summed E-state index contributed by atoms with van der Waals surface area (Å²) in [6.45, 7) is 1.92. The van der Waals surface area contributed by atoms with Gasteiger partial charge in [-0.3, -0.25) is 4.98 Å². The van der Waals surface area contributed by atoms with E-state index in [1.54, 1.807) is 12.3 Å². The molecule has 18 heavy (non-hydrogen) atoms. The van der Waals surface area contributed by atoms with Gasteiger partial charge < -0.3 is 9.53 Å². The Morgan fingerprint density at radius 1 is 1.50 bits per heavy atom. The van der Waals surface area contributed by atoms with Gasteiger partial charge in [0.25, 0.3) is 0 Å². The summed E-state index contributed by atoms with van der Waals surface area (Å²) in [4.78, 5) is 26.6. The Morgan fingerprint density at radius 2 is 2.22 bits per heavy atom. The van der Waals surface area contributed by atoms with Crippen LogP contribution in [0.15, 0.2) is 18.3 Å². The van der Waals surface area contributed by atoms with Crippen molar-refractivity contribution in [2.75, 3.05) is 7.11 Å². The van der Waals surface area contributed by atoms with E-state index in [9.17, 15) is 9.59 Å². The predicted molar refractivity (Wildman–Crippen MR) is 67.0 cm³/mol. The molecule has 0 aromatic carbocycles. The van der Waals surface area contributed by atoms with Crippen LogP contribution < -0.4 is 0 Å². The van der Waals surface area contributed by atoms with Gasteiger partial charge in [-0.2, -0.15) is 0 Å². The van der Waals surface area contributed by atoms with Crippen molar-refractivity contribution < 1.29 is 14.3 Å². The van der Waals surface area contributed by atoms with E-state index in [-0.39, 0.29) is 0 Å². The van der Waals surface area contributed by atoms with E-state index in [4.69, 9.17) is 0 Å². The molecule has 2 rings (SSSR count). The van der Waals surface area contributed by atoms with Crippen molar-refractivity contribution in [1.82, 2.24) is 4.98 Å². The number of esters is 1. The highest BCUT2D eigenvalue weighted by Gasteiger charge is 2.46. The topological polar surface area (TPSA) is 56.3 Å². The van der Waals surface area contributed by atoms with E-state index in [0.717, 1.165) is 35.9 Å². The highest BCUT2D eigenvalue weighted by atomic mass is 16.5. The number of carbonyl (C=O) groups is 2. The van der Waals surface area contributed by atoms with Gasteiger partial charge >= 0.3 is 5.97 Å². The molecule has 1 aliphatic rings. The van der Waals surface area contributed by atoms with Crippen molar-refractivity contribution in [3.63, 3.8) is 0 Å². The first-order valence-corrected chi connectivity index (χ1v) is 5.81. The monoisotopic (exact) mass is 245 g/mol. The molecule has 0 spiro atoms. The number of aldehydes is 1. The van der Waals surface area contributed by atoms with Gasteiger partial charge in [-0.05, 0) is 43.0 Å². The third kappa shape index (κ3) is 2.32. The van der Waals surface area contributed by atoms with E-state index in [1.807, 2.05) is 13.0 Å². The number of rotatable bonds is 4. The van der Waals surface area contributed by atoms with Gasteiger partial charge in [0.15, 0.2) is 0 Å². The Bertz CT molecular complexity index is 516. The molecule has 4 nitrogen and oxygen atoms in total. The van der Waals surface area contributed by atoms with Gasteiger partial charge in [-0.1, -0.05) is 0 Å². The van der Waals surface area contributed by atoms with Crippen molar-refractivity contribution in [1.29, 1.82) is 0 Å². The number of ether oxygens (including phenoxy) is 1. The number of nitrogens with zero attached hydrogens (tertiary/aromatic N) is 1. The zero-order chi connectivity index (χ0) is 13.2. The molecule has 0 amide bonds. The van der Waals surface area contributed by atoms with Crippen LogP contribution in [-0.2, 0) is 19.7 Å². The van der Waals surface area contributed by atoms with Crippen LogP contribution in [0.25, 0.3) is 6.08 Å². The van der Waals surface area contributed by atoms with Crippen LogP contribution in [0, 0.1) is 6.92 Å².